The summed E-state index contributed by atoms with van der Waals surface area (Å²) in [4.78, 5) is 22.1. The molecular formula is C13H14F8O4. The molecule has 0 unspecified atom stereocenters. The fourth-order valence-electron chi connectivity index (χ4n) is 1.25. The third-order valence-corrected chi connectivity index (χ3v) is 2.68. The molecule has 0 aromatic carbocycles. The lowest BCUT2D eigenvalue weighted by Gasteiger charge is -2.31. The number of esters is 2. The Hall–Kier alpha value is -1.88. The molecule has 0 saturated carbocycles. The molecule has 0 aromatic rings. The summed E-state index contributed by atoms with van der Waals surface area (Å²) >= 11 is 0. The first-order valence-corrected chi connectivity index (χ1v) is 6.63. The van der Waals surface area contributed by atoms with Crippen LogP contribution < -0.4 is 0 Å². The third-order valence-electron chi connectivity index (χ3n) is 2.68. The average molecular weight is 386 g/mol. The predicted molar refractivity (Wildman–Crippen MR) is 66.8 cm³/mol. The monoisotopic (exact) mass is 386 g/mol. The Labute approximate surface area is 136 Å². The molecule has 0 N–H and O–H groups in total. The lowest BCUT2D eigenvalue weighted by Crippen LogP contribution is -2.59. The molecule has 0 fully saturated rings. The van der Waals surface area contributed by atoms with Crippen LogP contribution in [0.4, 0.5) is 35.1 Å². The topological polar surface area (TPSA) is 52.6 Å². The van der Waals surface area contributed by atoms with Crippen molar-refractivity contribution >= 4 is 11.9 Å². The first-order chi connectivity index (χ1) is 11.3. The predicted octanol–water partition coefficient (Wildman–Crippen LogP) is 3.60. The lowest BCUT2D eigenvalue weighted by atomic mass is 10.1. The second kappa shape index (κ2) is 8.99. The molecule has 0 aliphatic carbocycles. The number of ether oxygens (including phenoxy) is 2. The SMILES string of the molecule is C=CCCOC(=O)CCC(=O)OCC(F)(F)C(F)(F)C(F)(F)C(F)F. The molecule has 0 heterocycles. The van der Waals surface area contributed by atoms with Gasteiger partial charge in [-0.15, -0.1) is 6.58 Å². The minimum absolute atomic E-state index is 0.0651. The van der Waals surface area contributed by atoms with Gasteiger partial charge in [0.25, 0.3) is 0 Å². The van der Waals surface area contributed by atoms with E-state index in [0.717, 1.165) is 0 Å². The van der Waals surface area contributed by atoms with E-state index < -0.39 is 55.6 Å². The third kappa shape index (κ3) is 6.16. The van der Waals surface area contributed by atoms with E-state index in [4.69, 9.17) is 0 Å². The van der Waals surface area contributed by atoms with Gasteiger partial charge in [-0.3, -0.25) is 9.59 Å². The van der Waals surface area contributed by atoms with E-state index in [1.54, 1.807) is 0 Å². The number of carbonyl (C=O) groups is 2. The number of carbonyl (C=O) groups excluding carboxylic acids is 2. The van der Waals surface area contributed by atoms with Gasteiger partial charge < -0.3 is 9.47 Å². The highest BCUT2D eigenvalue weighted by Crippen LogP contribution is 2.48. The van der Waals surface area contributed by atoms with Gasteiger partial charge in [0.15, 0.2) is 6.61 Å². The number of hydrogen-bond acceptors (Lipinski definition) is 4. The Morgan fingerprint density at radius 3 is 1.88 bits per heavy atom. The summed E-state index contributed by atoms with van der Waals surface area (Å²) in [6, 6.07) is 0. The molecule has 0 radical (unpaired) electrons. The van der Waals surface area contributed by atoms with Crippen LogP contribution in [0.1, 0.15) is 19.3 Å². The second-order valence-corrected chi connectivity index (χ2v) is 4.66. The van der Waals surface area contributed by atoms with E-state index in [9.17, 15) is 44.7 Å². The highest BCUT2D eigenvalue weighted by Gasteiger charge is 2.75. The van der Waals surface area contributed by atoms with E-state index in [1.807, 2.05) is 0 Å². The van der Waals surface area contributed by atoms with Crippen LogP contribution in [0.25, 0.3) is 0 Å². The van der Waals surface area contributed by atoms with Crippen molar-refractivity contribution < 1.29 is 54.2 Å². The van der Waals surface area contributed by atoms with Crippen molar-refractivity contribution in [1.29, 1.82) is 0 Å². The largest absolute Gasteiger partial charge is 0.465 e. The van der Waals surface area contributed by atoms with Gasteiger partial charge in [-0.05, 0) is 6.42 Å². The quantitative estimate of drug-likeness (QED) is 0.236. The van der Waals surface area contributed by atoms with Gasteiger partial charge >= 0.3 is 36.1 Å². The molecule has 12 heteroatoms. The first kappa shape index (κ1) is 23.1. The molecule has 0 spiro atoms. The summed E-state index contributed by atoms with van der Waals surface area (Å²) < 4.78 is 109. The number of halogens is 8. The van der Waals surface area contributed by atoms with Crippen molar-refractivity contribution in [2.24, 2.45) is 0 Å². The van der Waals surface area contributed by atoms with Crippen LogP contribution in [-0.2, 0) is 19.1 Å². The van der Waals surface area contributed by atoms with Gasteiger partial charge in [0.1, 0.15) is 0 Å². The lowest BCUT2D eigenvalue weighted by molar-refractivity contribution is -0.344. The van der Waals surface area contributed by atoms with Crippen molar-refractivity contribution in [3.8, 4) is 0 Å². The Morgan fingerprint density at radius 2 is 1.44 bits per heavy atom. The van der Waals surface area contributed by atoms with E-state index in [1.165, 1.54) is 6.08 Å². The molecule has 0 bridgehead atoms. The maximum absolute atomic E-state index is 13.1. The second-order valence-electron chi connectivity index (χ2n) is 4.66. The molecule has 0 rings (SSSR count). The molecule has 0 aromatic heterocycles. The fraction of sp³-hybridized carbons (Fsp3) is 0.692. The highest BCUT2D eigenvalue weighted by molar-refractivity contribution is 5.77. The standard InChI is InChI=1S/C13H14F8O4/c1-2-3-6-24-8(22)4-5-9(23)25-7-11(16,17)13(20,21)12(18,19)10(14)15/h2,10H,1,3-7H2. The van der Waals surface area contributed by atoms with Crippen molar-refractivity contribution in [3.63, 3.8) is 0 Å². The van der Waals surface area contributed by atoms with E-state index in [0.29, 0.717) is 6.42 Å². The van der Waals surface area contributed by atoms with E-state index in [-0.39, 0.29) is 6.61 Å². The van der Waals surface area contributed by atoms with Crippen LogP contribution in [0, 0.1) is 0 Å². The van der Waals surface area contributed by atoms with Crippen molar-refractivity contribution in [1.82, 2.24) is 0 Å². The molecule has 0 aliphatic heterocycles. The van der Waals surface area contributed by atoms with Gasteiger partial charge in [0.05, 0.1) is 19.4 Å². The molecule has 4 nitrogen and oxygen atoms in total. The average Bonchev–Trinajstić information content (AvgIpc) is 2.50. The molecule has 146 valence electrons. The number of rotatable bonds is 11. The Bertz CT molecular complexity index is 479. The smallest absolute Gasteiger partial charge is 0.381 e. The van der Waals surface area contributed by atoms with E-state index >= 15 is 0 Å². The zero-order valence-electron chi connectivity index (χ0n) is 12.6. The van der Waals surface area contributed by atoms with Crippen LogP contribution in [0.3, 0.4) is 0 Å². The fourth-order valence-corrected chi connectivity index (χ4v) is 1.25. The van der Waals surface area contributed by atoms with Crippen molar-refractivity contribution in [2.75, 3.05) is 13.2 Å². The summed E-state index contributed by atoms with van der Waals surface area (Å²) in [6.07, 6.45) is -4.85. The minimum atomic E-state index is -6.46. The Morgan fingerprint density at radius 1 is 0.960 bits per heavy atom. The summed E-state index contributed by atoms with van der Waals surface area (Å²) in [5, 5.41) is 0. The molecule has 0 atom stereocenters. The molecule has 0 aliphatic rings. The van der Waals surface area contributed by atoms with Gasteiger partial charge in [0, 0.05) is 0 Å². The number of hydrogen-bond donors (Lipinski definition) is 0. The summed E-state index contributed by atoms with van der Waals surface area (Å²) in [6.45, 7) is 0.701. The molecule has 0 amide bonds. The van der Waals surface area contributed by atoms with Crippen molar-refractivity contribution in [3.05, 3.63) is 12.7 Å². The first-order valence-electron chi connectivity index (χ1n) is 6.63. The molecule has 0 saturated heterocycles. The summed E-state index contributed by atoms with van der Waals surface area (Å²) in [5.74, 6) is -21.1. The summed E-state index contributed by atoms with van der Waals surface area (Å²) in [5.41, 5.74) is 0. The molecule has 25 heavy (non-hydrogen) atoms. The zero-order chi connectivity index (χ0) is 19.9. The van der Waals surface area contributed by atoms with Crippen molar-refractivity contribution in [2.45, 2.75) is 43.5 Å². The van der Waals surface area contributed by atoms with Gasteiger partial charge in [-0.25, -0.2) is 8.78 Å². The van der Waals surface area contributed by atoms with Crippen LogP contribution in [0.5, 0.6) is 0 Å². The summed E-state index contributed by atoms with van der Waals surface area (Å²) in [7, 11) is 0. The number of alkyl halides is 8. The maximum Gasteiger partial charge on any atom is 0.381 e. The van der Waals surface area contributed by atoms with Crippen LogP contribution in [-0.4, -0.2) is 49.3 Å². The van der Waals surface area contributed by atoms with Gasteiger partial charge in [-0.1, -0.05) is 6.08 Å². The van der Waals surface area contributed by atoms with Crippen LogP contribution in [0.2, 0.25) is 0 Å². The van der Waals surface area contributed by atoms with Gasteiger partial charge in [-0.2, -0.15) is 26.3 Å². The van der Waals surface area contributed by atoms with Crippen LogP contribution >= 0.6 is 0 Å². The highest BCUT2D eigenvalue weighted by atomic mass is 19.4. The Balaban J connectivity index is 4.56. The minimum Gasteiger partial charge on any atom is -0.465 e. The normalized spacial score (nSPS) is 12.8. The van der Waals surface area contributed by atoms with E-state index in [2.05, 4.69) is 16.1 Å². The molecular weight excluding hydrogens is 372 g/mol. The van der Waals surface area contributed by atoms with Gasteiger partial charge in [0.2, 0.25) is 0 Å². The Kier molecular flexibility index (Phi) is 8.32. The van der Waals surface area contributed by atoms with Crippen LogP contribution in [0.15, 0.2) is 12.7 Å². The zero-order valence-corrected chi connectivity index (χ0v) is 12.6. The maximum atomic E-state index is 13.1.